The Labute approximate surface area is 124 Å². The minimum Gasteiger partial charge on any atom is -0.446 e. The summed E-state index contributed by atoms with van der Waals surface area (Å²) in [7, 11) is 0. The van der Waals surface area contributed by atoms with Crippen molar-refractivity contribution in [2.75, 3.05) is 0 Å². The van der Waals surface area contributed by atoms with Gasteiger partial charge in [-0.05, 0) is 56.7 Å². The van der Waals surface area contributed by atoms with Crippen molar-refractivity contribution in [2.45, 2.75) is 51.2 Å². The Kier molecular flexibility index (Phi) is 3.82. The second kappa shape index (κ2) is 5.76. The Balaban J connectivity index is 1.62. The maximum absolute atomic E-state index is 11.6. The van der Waals surface area contributed by atoms with Crippen molar-refractivity contribution in [1.29, 1.82) is 0 Å². The molecule has 1 amide bonds. The standard InChI is InChI=1S/C16H21N3O2/c1-10(2)19-16(20)21-14-4-3-11(8-14)13-7-12-5-6-17-15(12)18-9-13/h5-7,9-11,14H,3-4,8H2,1-2H3,(H,17,18)(H,19,20)/t11-,14+/m0/s1. The summed E-state index contributed by atoms with van der Waals surface area (Å²) in [4.78, 5) is 19.2. The molecule has 2 N–H and O–H groups in total. The van der Waals surface area contributed by atoms with Crippen LogP contribution in [0, 0.1) is 0 Å². The van der Waals surface area contributed by atoms with Crippen LogP contribution in [0.2, 0.25) is 0 Å². The van der Waals surface area contributed by atoms with E-state index >= 15 is 0 Å². The van der Waals surface area contributed by atoms with Crippen molar-refractivity contribution in [3.63, 3.8) is 0 Å². The van der Waals surface area contributed by atoms with Crippen molar-refractivity contribution in [3.05, 3.63) is 30.1 Å². The Morgan fingerprint density at radius 3 is 3.14 bits per heavy atom. The van der Waals surface area contributed by atoms with Crippen LogP contribution in [-0.2, 0) is 4.74 Å². The number of aromatic amines is 1. The fourth-order valence-electron chi connectivity index (χ4n) is 2.95. The minimum absolute atomic E-state index is 0.00988. The lowest BCUT2D eigenvalue weighted by Gasteiger charge is -2.15. The highest BCUT2D eigenvalue weighted by Crippen LogP contribution is 2.36. The SMILES string of the molecule is CC(C)NC(=O)O[C@@H]1CC[C@H](c2cnc3[nH]ccc3c2)C1. The first-order chi connectivity index (χ1) is 10.1. The molecule has 5 nitrogen and oxygen atoms in total. The normalized spacial score (nSPS) is 21.9. The molecule has 2 aromatic heterocycles. The summed E-state index contributed by atoms with van der Waals surface area (Å²) in [5.41, 5.74) is 2.15. The molecule has 1 saturated carbocycles. The molecule has 3 rings (SSSR count). The van der Waals surface area contributed by atoms with E-state index in [0.717, 1.165) is 30.3 Å². The molecule has 0 saturated heterocycles. The Bertz CT molecular complexity index is 635. The van der Waals surface area contributed by atoms with Gasteiger partial charge in [-0.15, -0.1) is 0 Å². The van der Waals surface area contributed by atoms with E-state index in [1.54, 1.807) is 0 Å². The summed E-state index contributed by atoms with van der Waals surface area (Å²) < 4.78 is 5.47. The number of ether oxygens (including phenoxy) is 1. The smallest absolute Gasteiger partial charge is 0.407 e. The average Bonchev–Trinajstić information content (AvgIpc) is 3.04. The lowest BCUT2D eigenvalue weighted by atomic mass is 9.99. The van der Waals surface area contributed by atoms with Gasteiger partial charge in [0.15, 0.2) is 0 Å². The first kappa shape index (κ1) is 13.9. The molecule has 2 aromatic rings. The summed E-state index contributed by atoms with van der Waals surface area (Å²) >= 11 is 0. The fourth-order valence-corrected chi connectivity index (χ4v) is 2.95. The molecule has 0 unspecified atom stereocenters. The van der Waals surface area contributed by atoms with Gasteiger partial charge in [-0.2, -0.15) is 0 Å². The van der Waals surface area contributed by atoms with Gasteiger partial charge in [-0.1, -0.05) is 0 Å². The van der Waals surface area contributed by atoms with Crippen LogP contribution in [0.4, 0.5) is 4.79 Å². The minimum atomic E-state index is -0.310. The van der Waals surface area contributed by atoms with Crippen molar-refractivity contribution in [3.8, 4) is 0 Å². The van der Waals surface area contributed by atoms with E-state index in [2.05, 4.69) is 21.4 Å². The van der Waals surface area contributed by atoms with Crippen LogP contribution < -0.4 is 5.32 Å². The molecule has 2 atom stereocenters. The molecule has 5 heteroatoms. The average molecular weight is 287 g/mol. The number of nitrogens with zero attached hydrogens (tertiary/aromatic N) is 1. The first-order valence-electron chi connectivity index (χ1n) is 7.52. The molecule has 2 heterocycles. The van der Waals surface area contributed by atoms with Gasteiger partial charge >= 0.3 is 6.09 Å². The third kappa shape index (κ3) is 3.17. The number of hydrogen-bond donors (Lipinski definition) is 2. The zero-order valence-corrected chi connectivity index (χ0v) is 12.4. The van der Waals surface area contributed by atoms with Gasteiger partial charge in [0, 0.05) is 23.8 Å². The number of carbonyl (C=O) groups is 1. The van der Waals surface area contributed by atoms with E-state index in [4.69, 9.17) is 4.74 Å². The third-order valence-electron chi connectivity index (χ3n) is 3.96. The third-order valence-corrected chi connectivity index (χ3v) is 3.96. The Morgan fingerprint density at radius 1 is 1.48 bits per heavy atom. The van der Waals surface area contributed by atoms with Gasteiger partial charge in [0.25, 0.3) is 0 Å². The zero-order chi connectivity index (χ0) is 14.8. The number of rotatable bonds is 3. The van der Waals surface area contributed by atoms with E-state index in [1.807, 2.05) is 32.3 Å². The lowest BCUT2D eigenvalue weighted by Crippen LogP contribution is -2.33. The molecular weight excluding hydrogens is 266 g/mol. The summed E-state index contributed by atoms with van der Waals surface area (Å²) in [6, 6.07) is 4.32. The Hall–Kier alpha value is -2.04. The summed E-state index contributed by atoms with van der Waals surface area (Å²) in [5.74, 6) is 0.425. The second-order valence-electron chi connectivity index (χ2n) is 6.02. The quantitative estimate of drug-likeness (QED) is 0.910. The van der Waals surface area contributed by atoms with Crippen LogP contribution in [0.25, 0.3) is 11.0 Å². The molecule has 21 heavy (non-hydrogen) atoms. The second-order valence-corrected chi connectivity index (χ2v) is 6.02. The predicted molar refractivity (Wildman–Crippen MR) is 81.2 cm³/mol. The number of aromatic nitrogens is 2. The Morgan fingerprint density at radius 2 is 2.33 bits per heavy atom. The summed E-state index contributed by atoms with van der Waals surface area (Å²) in [6.45, 7) is 3.85. The van der Waals surface area contributed by atoms with Gasteiger partial charge in [0.1, 0.15) is 11.8 Å². The number of carbonyl (C=O) groups excluding carboxylic acids is 1. The monoisotopic (exact) mass is 287 g/mol. The lowest BCUT2D eigenvalue weighted by molar-refractivity contribution is 0.0982. The molecule has 112 valence electrons. The number of pyridine rings is 1. The highest BCUT2D eigenvalue weighted by molar-refractivity contribution is 5.75. The van der Waals surface area contributed by atoms with Crippen LogP contribution in [0.15, 0.2) is 24.5 Å². The van der Waals surface area contributed by atoms with Gasteiger partial charge < -0.3 is 15.0 Å². The molecular formula is C16H21N3O2. The maximum atomic E-state index is 11.6. The van der Waals surface area contributed by atoms with Crippen molar-refractivity contribution < 1.29 is 9.53 Å². The van der Waals surface area contributed by atoms with Crippen LogP contribution in [-0.4, -0.2) is 28.2 Å². The highest BCUT2D eigenvalue weighted by atomic mass is 16.6. The molecule has 0 aromatic carbocycles. The van der Waals surface area contributed by atoms with Crippen LogP contribution >= 0.6 is 0 Å². The fraction of sp³-hybridized carbons (Fsp3) is 0.500. The number of nitrogens with one attached hydrogen (secondary N) is 2. The molecule has 1 fully saturated rings. The van der Waals surface area contributed by atoms with Crippen LogP contribution in [0.5, 0.6) is 0 Å². The summed E-state index contributed by atoms with van der Waals surface area (Å²) in [6.07, 6.45) is 6.37. The highest BCUT2D eigenvalue weighted by Gasteiger charge is 2.29. The van der Waals surface area contributed by atoms with Gasteiger partial charge in [-0.25, -0.2) is 9.78 Å². The predicted octanol–water partition coefficient (Wildman–Crippen LogP) is 3.33. The number of alkyl carbamates (subject to hydrolysis) is 1. The van der Waals surface area contributed by atoms with E-state index in [1.165, 1.54) is 5.56 Å². The molecule has 0 bridgehead atoms. The van der Waals surface area contributed by atoms with Gasteiger partial charge in [0.2, 0.25) is 0 Å². The van der Waals surface area contributed by atoms with Crippen molar-refractivity contribution >= 4 is 17.1 Å². The van der Waals surface area contributed by atoms with Crippen molar-refractivity contribution in [2.24, 2.45) is 0 Å². The van der Waals surface area contributed by atoms with E-state index < -0.39 is 0 Å². The number of hydrogen-bond acceptors (Lipinski definition) is 3. The molecule has 0 radical (unpaired) electrons. The molecule has 0 spiro atoms. The molecule has 1 aliphatic carbocycles. The van der Waals surface area contributed by atoms with Crippen LogP contribution in [0.1, 0.15) is 44.6 Å². The number of H-pyrrole nitrogens is 1. The van der Waals surface area contributed by atoms with Gasteiger partial charge in [-0.3, -0.25) is 0 Å². The van der Waals surface area contributed by atoms with Gasteiger partial charge in [0.05, 0.1) is 0 Å². The summed E-state index contributed by atoms with van der Waals surface area (Å²) in [5, 5.41) is 3.90. The first-order valence-corrected chi connectivity index (χ1v) is 7.52. The van der Waals surface area contributed by atoms with E-state index in [-0.39, 0.29) is 18.2 Å². The number of fused-ring (bicyclic) bond motifs is 1. The zero-order valence-electron chi connectivity index (χ0n) is 12.4. The van der Waals surface area contributed by atoms with Crippen LogP contribution in [0.3, 0.4) is 0 Å². The largest absolute Gasteiger partial charge is 0.446 e. The van der Waals surface area contributed by atoms with E-state index in [0.29, 0.717) is 5.92 Å². The van der Waals surface area contributed by atoms with E-state index in [9.17, 15) is 4.79 Å². The topological polar surface area (TPSA) is 67.0 Å². The molecule has 0 aliphatic heterocycles. The number of amides is 1. The maximum Gasteiger partial charge on any atom is 0.407 e. The molecule has 1 aliphatic rings. The van der Waals surface area contributed by atoms with Crippen molar-refractivity contribution in [1.82, 2.24) is 15.3 Å².